The molecule has 0 rings (SSSR count). The molecule has 0 aromatic rings. The van der Waals surface area contributed by atoms with Crippen LogP contribution in [0.3, 0.4) is 0 Å². The lowest BCUT2D eigenvalue weighted by Gasteiger charge is -2.18. The van der Waals surface area contributed by atoms with Gasteiger partial charge in [0.1, 0.15) is 13.2 Å². The first-order valence-corrected chi connectivity index (χ1v) is 23.2. The number of rotatable bonds is 40. The first-order valence-electron chi connectivity index (χ1n) is 21.9. The lowest BCUT2D eigenvalue weighted by atomic mass is 10.1. The summed E-state index contributed by atoms with van der Waals surface area (Å²) in [6, 6.07) is 0. The van der Waals surface area contributed by atoms with Crippen LogP contribution in [0.15, 0.2) is 24.3 Å². The zero-order valence-electron chi connectivity index (χ0n) is 34.8. The Morgan fingerprint density at radius 3 is 1.29 bits per heavy atom. The maximum Gasteiger partial charge on any atom is 0.407 e. The fourth-order valence-corrected chi connectivity index (χ4v) is 6.26. The molecule has 0 spiro atoms. The minimum absolute atomic E-state index is 0.00557. The molecule has 0 unspecified atom stereocenters. The van der Waals surface area contributed by atoms with Gasteiger partial charge in [0.2, 0.25) is 0 Å². The lowest BCUT2D eigenvalue weighted by Crippen LogP contribution is -2.36. The highest BCUT2D eigenvalue weighted by atomic mass is 32.3. The first-order chi connectivity index (χ1) is 26.7. The third-order valence-corrected chi connectivity index (χ3v) is 9.71. The summed E-state index contributed by atoms with van der Waals surface area (Å²) >= 11 is 0. The Kier molecular flexibility index (Phi) is 38.0. The number of carbonyl (C=O) groups excluding carboxylic acids is 3. The summed E-state index contributed by atoms with van der Waals surface area (Å²) in [5, 5.41) is 2.44. The van der Waals surface area contributed by atoms with Gasteiger partial charge in [0, 0.05) is 19.4 Å². The molecule has 0 fully saturated rings. The number of amides is 1. The second-order valence-corrected chi connectivity index (χ2v) is 15.7. The number of esters is 2. The molecule has 11 nitrogen and oxygen atoms in total. The molecule has 0 saturated heterocycles. The molecule has 0 radical (unpaired) electrons. The minimum Gasteiger partial charge on any atom is -0.462 e. The van der Waals surface area contributed by atoms with Gasteiger partial charge in [-0.05, 0) is 70.6 Å². The second kappa shape index (κ2) is 39.8. The van der Waals surface area contributed by atoms with E-state index >= 15 is 0 Å². The summed E-state index contributed by atoms with van der Waals surface area (Å²) in [6.45, 7) is 3.64. The third kappa shape index (κ3) is 42.5. The predicted molar refractivity (Wildman–Crippen MR) is 221 cm³/mol. The van der Waals surface area contributed by atoms with Crippen LogP contribution in [0.5, 0.6) is 0 Å². The number of ether oxygens (including phenoxy) is 3. The van der Waals surface area contributed by atoms with E-state index in [-0.39, 0.29) is 45.6 Å². The van der Waals surface area contributed by atoms with Crippen LogP contribution in [-0.2, 0) is 38.4 Å². The van der Waals surface area contributed by atoms with Crippen molar-refractivity contribution in [2.24, 2.45) is 0 Å². The number of allylic oxidation sites excluding steroid dienone is 4. The van der Waals surface area contributed by atoms with Gasteiger partial charge < -0.3 is 19.5 Å². The van der Waals surface area contributed by atoms with Gasteiger partial charge in [-0.3, -0.25) is 14.1 Å². The number of alkyl carbamates (subject to hydrolysis) is 1. The summed E-state index contributed by atoms with van der Waals surface area (Å²) < 4.78 is 50.2. The van der Waals surface area contributed by atoms with Crippen molar-refractivity contribution in [2.75, 3.05) is 26.4 Å². The van der Waals surface area contributed by atoms with E-state index in [4.69, 9.17) is 18.8 Å². The third-order valence-electron chi connectivity index (χ3n) is 9.24. The Hall–Kier alpha value is -2.44. The lowest BCUT2D eigenvalue weighted by molar-refractivity contribution is -0.152. The van der Waals surface area contributed by atoms with Crippen LogP contribution in [0.2, 0.25) is 0 Å². The van der Waals surface area contributed by atoms with Crippen LogP contribution in [0, 0.1) is 0 Å². The highest BCUT2D eigenvalue weighted by Gasteiger charge is 2.19. The molecule has 0 atom stereocenters. The molecule has 0 aliphatic rings. The van der Waals surface area contributed by atoms with Gasteiger partial charge in [-0.2, -0.15) is 8.42 Å². The molecule has 322 valence electrons. The highest BCUT2D eigenvalue weighted by Crippen LogP contribution is 2.13. The fourth-order valence-electron chi connectivity index (χ4n) is 5.93. The van der Waals surface area contributed by atoms with Gasteiger partial charge in [-0.15, -0.1) is 0 Å². The molecule has 2 N–H and O–H groups in total. The summed E-state index contributed by atoms with van der Waals surface area (Å²) in [5.41, 5.74) is 0. The zero-order valence-corrected chi connectivity index (χ0v) is 35.6. The number of nitrogens with one attached hydrogen (secondary N) is 1. The van der Waals surface area contributed by atoms with E-state index in [1.165, 1.54) is 89.9 Å². The Morgan fingerprint density at radius 2 is 0.909 bits per heavy atom. The second-order valence-electron chi connectivity index (χ2n) is 14.6. The Balaban J connectivity index is 4.30. The van der Waals surface area contributed by atoms with Crippen molar-refractivity contribution in [3.05, 3.63) is 24.3 Å². The Bertz CT molecular complexity index is 1020. The van der Waals surface area contributed by atoms with Crippen LogP contribution in [0.1, 0.15) is 200 Å². The monoisotopic (exact) mass is 802 g/mol. The quantitative estimate of drug-likeness (QED) is 0.0201. The summed E-state index contributed by atoms with van der Waals surface area (Å²) in [6.07, 6.45) is 38.1. The van der Waals surface area contributed by atoms with Crippen molar-refractivity contribution in [1.29, 1.82) is 0 Å². The molecule has 12 heteroatoms. The zero-order chi connectivity index (χ0) is 40.5. The van der Waals surface area contributed by atoms with Crippen LogP contribution in [0.25, 0.3) is 0 Å². The molecule has 55 heavy (non-hydrogen) atoms. The van der Waals surface area contributed by atoms with Gasteiger partial charge >= 0.3 is 28.4 Å². The average Bonchev–Trinajstić information content (AvgIpc) is 3.15. The molecule has 0 bridgehead atoms. The van der Waals surface area contributed by atoms with Crippen LogP contribution < -0.4 is 5.32 Å². The molecule has 0 heterocycles. The first kappa shape index (κ1) is 52.6. The van der Waals surface area contributed by atoms with E-state index in [0.717, 1.165) is 64.2 Å². The van der Waals surface area contributed by atoms with E-state index in [0.29, 0.717) is 12.8 Å². The molecule has 0 aliphatic carbocycles. The smallest absolute Gasteiger partial charge is 0.407 e. The average molecular weight is 802 g/mol. The van der Waals surface area contributed by atoms with Crippen molar-refractivity contribution in [2.45, 2.75) is 206 Å². The van der Waals surface area contributed by atoms with Crippen molar-refractivity contribution >= 4 is 28.4 Å². The van der Waals surface area contributed by atoms with Gasteiger partial charge in [0.25, 0.3) is 0 Å². The maximum atomic E-state index is 12.4. The summed E-state index contributed by atoms with van der Waals surface area (Å²) in [7, 11) is -4.56. The van der Waals surface area contributed by atoms with Gasteiger partial charge in [0.05, 0.1) is 6.61 Å². The SMILES string of the molecule is CCCCCCCC/C=C\CCCCCCCC(=O)OCC(COC(=O)CCCCCCC/C=C\CCCCCCCC)OC(=O)NCCCOS(=O)(=O)O. The molecular formula is C43H79NO10S. The van der Waals surface area contributed by atoms with Gasteiger partial charge in [-0.1, -0.05) is 141 Å². The summed E-state index contributed by atoms with van der Waals surface area (Å²) in [4.78, 5) is 37.2. The number of hydrogen-bond donors (Lipinski definition) is 2. The Morgan fingerprint density at radius 1 is 0.545 bits per heavy atom. The number of carbonyl (C=O) groups is 3. The van der Waals surface area contributed by atoms with Crippen molar-refractivity contribution < 1.29 is 45.7 Å². The van der Waals surface area contributed by atoms with E-state index < -0.39 is 34.5 Å². The molecular weight excluding hydrogens is 723 g/mol. The topological polar surface area (TPSA) is 155 Å². The minimum atomic E-state index is -4.56. The largest absolute Gasteiger partial charge is 0.462 e. The van der Waals surface area contributed by atoms with Crippen molar-refractivity contribution in [3.8, 4) is 0 Å². The van der Waals surface area contributed by atoms with E-state index in [1.54, 1.807) is 0 Å². The Labute approximate surface area is 335 Å². The van der Waals surface area contributed by atoms with Crippen LogP contribution >= 0.6 is 0 Å². The number of unbranched alkanes of at least 4 members (excludes halogenated alkanes) is 22. The molecule has 0 saturated carbocycles. The van der Waals surface area contributed by atoms with E-state index in [2.05, 4.69) is 47.7 Å². The molecule has 0 aromatic heterocycles. The fraction of sp³-hybridized carbons (Fsp3) is 0.837. The molecule has 0 aromatic carbocycles. The molecule has 1 amide bonds. The standard InChI is InChI=1S/C43H79NO10S/c1-3-5-7-9-11-13-15-17-19-21-23-25-27-29-31-34-41(45)51-38-40(54-43(47)44-36-33-37-53-55(48,49)50)39-52-42(46)35-32-30-28-26-24-22-20-18-16-14-12-10-8-6-4-2/h17-20,40H,3-16,21-39H2,1-2H3,(H,44,47)(H,48,49,50)/b19-17-,20-18-. The van der Waals surface area contributed by atoms with E-state index in [1.807, 2.05) is 0 Å². The van der Waals surface area contributed by atoms with Crippen LogP contribution in [0.4, 0.5) is 4.79 Å². The van der Waals surface area contributed by atoms with Gasteiger partial charge in [-0.25, -0.2) is 8.98 Å². The number of hydrogen-bond acceptors (Lipinski definition) is 9. The van der Waals surface area contributed by atoms with Gasteiger partial charge in [0.15, 0.2) is 6.10 Å². The van der Waals surface area contributed by atoms with E-state index in [9.17, 15) is 22.8 Å². The maximum absolute atomic E-state index is 12.4. The van der Waals surface area contributed by atoms with Crippen molar-refractivity contribution in [3.63, 3.8) is 0 Å². The summed E-state index contributed by atoms with van der Waals surface area (Å²) in [5.74, 6) is -0.817. The van der Waals surface area contributed by atoms with Crippen molar-refractivity contribution in [1.82, 2.24) is 5.32 Å². The normalized spacial score (nSPS) is 11.9. The molecule has 0 aliphatic heterocycles. The highest BCUT2D eigenvalue weighted by molar-refractivity contribution is 7.80. The van der Waals surface area contributed by atoms with Crippen LogP contribution in [-0.4, -0.2) is 63.5 Å². The predicted octanol–water partition coefficient (Wildman–Crippen LogP) is 11.5.